The third kappa shape index (κ3) is 2.53. The molecule has 1 N–H and O–H groups in total. The number of rotatable bonds is 3. The first kappa shape index (κ1) is 12.6. The van der Waals surface area contributed by atoms with Crippen LogP contribution in [0.2, 0.25) is 0 Å². The quantitative estimate of drug-likeness (QED) is 0.916. The minimum absolute atomic E-state index is 0.0281. The topological polar surface area (TPSA) is 38.0 Å². The maximum atomic E-state index is 12.6. The van der Waals surface area contributed by atoms with Gasteiger partial charge in [-0.05, 0) is 11.6 Å². The molecule has 0 aliphatic heterocycles. The van der Waals surface area contributed by atoms with Gasteiger partial charge in [0.25, 0.3) is 0 Å². The fourth-order valence-electron chi connectivity index (χ4n) is 1.66. The largest absolute Gasteiger partial charge is 0.435 e. The summed E-state index contributed by atoms with van der Waals surface area (Å²) in [5, 5.41) is 12.3. The van der Waals surface area contributed by atoms with E-state index in [0.717, 1.165) is 10.7 Å². The maximum Gasteiger partial charge on any atom is 0.435 e. The molecule has 0 spiro atoms. The molecule has 0 aliphatic carbocycles. The average Bonchev–Trinajstić information content (AvgIpc) is 2.75. The summed E-state index contributed by atoms with van der Waals surface area (Å²) in [5.41, 5.74) is 0.0285. The summed E-state index contributed by atoms with van der Waals surface area (Å²) in [6, 6.07) is 9.64. The van der Waals surface area contributed by atoms with Crippen molar-refractivity contribution < 1.29 is 18.3 Å². The van der Waals surface area contributed by atoms with E-state index in [-0.39, 0.29) is 13.2 Å². The summed E-state index contributed by atoms with van der Waals surface area (Å²) in [7, 11) is 0. The highest BCUT2D eigenvalue weighted by molar-refractivity contribution is 5.60. The van der Waals surface area contributed by atoms with Crippen molar-refractivity contribution in [3.05, 3.63) is 42.1 Å². The third-order valence-electron chi connectivity index (χ3n) is 2.45. The summed E-state index contributed by atoms with van der Waals surface area (Å²) in [6.45, 7) is -0.237. The van der Waals surface area contributed by atoms with Crippen molar-refractivity contribution in [2.75, 3.05) is 6.61 Å². The van der Waals surface area contributed by atoms with Gasteiger partial charge in [0, 0.05) is 0 Å². The molecule has 0 radical (unpaired) electrons. The zero-order valence-electron chi connectivity index (χ0n) is 9.35. The second-order valence-electron chi connectivity index (χ2n) is 3.73. The first-order chi connectivity index (χ1) is 8.52. The number of hydrogen-bond donors (Lipinski definition) is 1. The van der Waals surface area contributed by atoms with E-state index in [0.29, 0.717) is 11.3 Å². The van der Waals surface area contributed by atoms with E-state index in [2.05, 4.69) is 5.10 Å². The molecule has 1 aromatic carbocycles. The summed E-state index contributed by atoms with van der Waals surface area (Å²) in [4.78, 5) is 0. The Balaban J connectivity index is 2.49. The Hall–Kier alpha value is -1.82. The molecule has 0 amide bonds. The number of aliphatic hydroxyl groups excluding tert-OH is 1. The number of nitrogens with zero attached hydrogens (tertiary/aromatic N) is 2. The van der Waals surface area contributed by atoms with Crippen molar-refractivity contribution in [3.63, 3.8) is 0 Å². The first-order valence-electron chi connectivity index (χ1n) is 5.33. The number of aliphatic hydroxyl groups is 1. The molecule has 18 heavy (non-hydrogen) atoms. The zero-order valence-corrected chi connectivity index (χ0v) is 9.35. The van der Waals surface area contributed by atoms with Crippen LogP contribution in [0.5, 0.6) is 0 Å². The Morgan fingerprint density at radius 1 is 1.17 bits per heavy atom. The Morgan fingerprint density at radius 2 is 1.83 bits per heavy atom. The van der Waals surface area contributed by atoms with Crippen molar-refractivity contribution in [3.8, 4) is 11.3 Å². The Labute approximate surface area is 101 Å². The Morgan fingerprint density at radius 3 is 2.39 bits per heavy atom. The number of aromatic nitrogens is 2. The SMILES string of the molecule is OCCn1nc(C(F)(F)F)cc1-c1ccccc1. The molecule has 0 bridgehead atoms. The van der Waals surface area contributed by atoms with Gasteiger partial charge in [0.1, 0.15) is 0 Å². The average molecular weight is 256 g/mol. The zero-order chi connectivity index (χ0) is 13.2. The molecule has 6 heteroatoms. The normalized spacial score (nSPS) is 11.8. The van der Waals surface area contributed by atoms with Crippen molar-refractivity contribution in [1.82, 2.24) is 9.78 Å². The molecule has 1 aromatic heterocycles. The molecular formula is C12H11F3N2O. The fourth-order valence-corrected chi connectivity index (χ4v) is 1.66. The van der Waals surface area contributed by atoms with Crippen LogP contribution in [0.25, 0.3) is 11.3 Å². The van der Waals surface area contributed by atoms with E-state index in [1.807, 2.05) is 0 Å². The van der Waals surface area contributed by atoms with Crippen LogP contribution in [0.4, 0.5) is 13.2 Å². The van der Waals surface area contributed by atoms with Crippen molar-refractivity contribution >= 4 is 0 Å². The van der Waals surface area contributed by atoms with Gasteiger partial charge in [-0.2, -0.15) is 18.3 Å². The van der Waals surface area contributed by atoms with Crippen LogP contribution < -0.4 is 0 Å². The first-order valence-corrected chi connectivity index (χ1v) is 5.33. The highest BCUT2D eigenvalue weighted by Gasteiger charge is 2.34. The van der Waals surface area contributed by atoms with Gasteiger partial charge in [0.15, 0.2) is 5.69 Å². The predicted molar refractivity (Wildman–Crippen MR) is 59.8 cm³/mol. The Bertz CT molecular complexity index is 520. The second-order valence-corrected chi connectivity index (χ2v) is 3.73. The lowest BCUT2D eigenvalue weighted by Crippen LogP contribution is -2.10. The smallest absolute Gasteiger partial charge is 0.394 e. The minimum atomic E-state index is -4.48. The summed E-state index contributed by atoms with van der Waals surface area (Å²) in [5.74, 6) is 0. The van der Waals surface area contributed by atoms with E-state index < -0.39 is 11.9 Å². The number of halogens is 3. The van der Waals surface area contributed by atoms with Gasteiger partial charge in [-0.3, -0.25) is 4.68 Å². The van der Waals surface area contributed by atoms with Crippen LogP contribution in [0.3, 0.4) is 0 Å². The van der Waals surface area contributed by atoms with Gasteiger partial charge >= 0.3 is 6.18 Å². The lowest BCUT2D eigenvalue weighted by molar-refractivity contribution is -0.141. The molecule has 2 aromatic rings. The van der Waals surface area contributed by atoms with Crippen LogP contribution in [-0.4, -0.2) is 21.5 Å². The van der Waals surface area contributed by atoms with E-state index in [9.17, 15) is 13.2 Å². The van der Waals surface area contributed by atoms with Gasteiger partial charge in [-0.1, -0.05) is 30.3 Å². The standard InChI is InChI=1S/C12H11F3N2O/c13-12(14,15)11-8-10(17(16-11)6-7-18)9-4-2-1-3-5-9/h1-5,8,18H,6-7H2. The molecular weight excluding hydrogens is 245 g/mol. The van der Waals surface area contributed by atoms with Crippen LogP contribution in [-0.2, 0) is 12.7 Å². The van der Waals surface area contributed by atoms with E-state index in [1.165, 1.54) is 0 Å². The molecule has 0 saturated heterocycles. The van der Waals surface area contributed by atoms with E-state index >= 15 is 0 Å². The van der Waals surface area contributed by atoms with Gasteiger partial charge in [0.2, 0.25) is 0 Å². The van der Waals surface area contributed by atoms with Crippen LogP contribution >= 0.6 is 0 Å². The lowest BCUT2D eigenvalue weighted by Gasteiger charge is -2.05. The molecule has 96 valence electrons. The van der Waals surface area contributed by atoms with E-state index in [1.54, 1.807) is 30.3 Å². The summed E-state index contributed by atoms with van der Waals surface area (Å²) in [6.07, 6.45) is -4.48. The predicted octanol–water partition coefficient (Wildman–Crippen LogP) is 2.56. The molecule has 2 rings (SSSR count). The highest BCUT2D eigenvalue weighted by Crippen LogP contribution is 2.31. The molecule has 0 unspecified atom stereocenters. The molecule has 0 aliphatic rings. The van der Waals surface area contributed by atoms with Crippen LogP contribution in [0.1, 0.15) is 5.69 Å². The van der Waals surface area contributed by atoms with Gasteiger partial charge in [0.05, 0.1) is 18.8 Å². The third-order valence-corrected chi connectivity index (χ3v) is 2.45. The number of benzene rings is 1. The molecule has 0 atom stereocenters. The monoisotopic (exact) mass is 256 g/mol. The maximum absolute atomic E-state index is 12.6. The highest BCUT2D eigenvalue weighted by atomic mass is 19.4. The lowest BCUT2D eigenvalue weighted by atomic mass is 10.1. The van der Waals surface area contributed by atoms with E-state index in [4.69, 9.17) is 5.11 Å². The van der Waals surface area contributed by atoms with Crippen molar-refractivity contribution in [2.45, 2.75) is 12.7 Å². The van der Waals surface area contributed by atoms with Crippen molar-refractivity contribution in [2.24, 2.45) is 0 Å². The summed E-state index contributed by atoms with van der Waals surface area (Å²) >= 11 is 0. The number of hydrogen-bond acceptors (Lipinski definition) is 2. The van der Waals surface area contributed by atoms with Gasteiger partial charge in [-0.25, -0.2) is 0 Å². The van der Waals surface area contributed by atoms with Gasteiger partial charge < -0.3 is 5.11 Å². The molecule has 3 nitrogen and oxygen atoms in total. The Kier molecular flexibility index (Phi) is 3.38. The van der Waals surface area contributed by atoms with Crippen molar-refractivity contribution in [1.29, 1.82) is 0 Å². The van der Waals surface area contributed by atoms with Crippen LogP contribution in [0.15, 0.2) is 36.4 Å². The molecule has 1 heterocycles. The van der Waals surface area contributed by atoms with Gasteiger partial charge in [-0.15, -0.1) is 0 Å². The number of alkyl halides is 3. The van der Waals surface area contributed by atoms with Crippen LogP contribution in [0, 0.1) is 0 Å². The minimum Gasteiger partial charge on any atom is -0.394 e. The molecule has 0 saturated carbocycles. The second kappa shape index (κ2) is 4.81. The fraction of sp³-hybridized carbons (Fsp3) is 0.250. The summed E-state index contributed by atoms with van der Waals surface area (Å²) < 4.78 is 39.0. The molecule has 0 fully saturated rings.